The van der Waals surface area contributed by atoms with Crippen LogP contribution in [0.25, 0.3) is 0 Å². The zero-order valence-corrected chi connectivity index (χ0v) is 18.7. The van der Waals surface area contributed by atoms with E-state index in [0.29, 0.717) is 44.8 Å². The molecule has 2 heterocycles. The number of hydrogen-bond acceptors (Lipinski definition) is 6. The maximum Gasteiger partial charge on any atom is 0.134 e. The van der Waals surface area contributed by atoms with E-state index >= 15 is 0 Å². The highest BCUT2D eigenvalue weighted by Crippen LogP contribution is 2.28. The van der Waals surface area contributed by atoms with Gasteiger partial charge in [-0.05, 0) is 61.7 Å². The minimum Gasteiger partial charge on any atom is -0.490 e. The lowest BCUT2D eigenvalue weighted by atomic mass is 9.90. The van der Waals surface area contributed by atoms with Crippen LogP contribution >= 0.6 is 0 Å². The first-order valence-corrected chi connectivity index (χ1v) is 11.3. The minimum atomic E-state index is -1.20. The number of piperidine rings is 1. The molecule has 6 nitrogen and oxygen atoms in total. The number of benzene rings is 2. The third-order valence-electron chi connectivity index (χ3n) is 6.34. The Balaban J connectivity index is 1.33. The Morgan fingerprint density at radius 2 is 1.78 bits per heavy atom. The fourth-order valence-electron chi connectivity index (χ4n) is 4.55. The maximum atomic E-state index is 13.1. The van der Waals surface area contributed by atoms with Crippen molar-refractivity contribution in [2.24, 2.45) is 0 Å². The minimum absolute atomic E-state index is 0.0364. The first kappa shape index (κ1) is 23.0. The SMILES string of the molecule is Cc1cccc(N2CCC(O)(CN3CCOC[C@](O)(COc4ccc(F)cc4)C3)CC2)c1. The summed E-state index contributed by atoms with van der Waals surface area (Å²) in [5, 5.41) is 22.4. The van der Waals surface area contributed by atoms with Gasteiger partial charge in [0.05, 0.1) is 18.8 Å². The second kappa shape index (κ2) is 9.75. The van der Waals surface area contributed by atoms with Gasteiger partial charge in [0.25, 0.3) is 0 Å². The molecule has 174 valence electrons. The summed E-state index contributed by atoms with van der Waals surface area (Å²) in [6, 6.07) is 14.2. The molecule has 2 aromatic rings. The number of aliphatic hydroxyl groups is 2. The maximum absolute atomic E-state index is 13.1. The number of ether oxygens (including phenoxy) is 2. The molecular weight excluding hydrogens is 411 g/mol. The van der Waals surface area contributed by atoms with Crippen molar-refractivity contribution >= 4 is 5.69 Å². The molecule has 0 aromatic heterocycles. The Kier molecular flexibility index (Phi) is 7.00. The van der Waals surface area contributed by atoms with Gasteiger partial charge in [0.1, 0.15) is 23.8 Å². The van der Waals surface area contributed by atoms with Crippen molar-refractivity contribution in [1.82, 2.24) is 4.90 Å². The third-order valence-corrected chi connectivity index (χ3v) is 6.34. The molecule has 1 atom stereocenters. The molecule has 2 aromatic carbocycles. The van der Waals surface area contributed by atoms with Gasteiger partial charge < -0.3 is 24.6 Å². The van der Waals surface area contributed by atoms with E-state index in [1.807, 2.05) is 0 Å². The first-order valence-electron chi connectivity index (χ1n) is 11.3. The fourth-order valence-corrected chi connectivity index (χ4v) is 4.55. The summed E-state index contributed by atoms with van der Waals surface area (Å²) in [5.74, 6) is 0.166. The quantitative estimate of drug-likeness (QED) is 0.714. The summed E-state index contributed by atoms with van der Waals surface area (Å²) in [4.78, 5) is 4.39. The van der Waals surface area contributed by atoms with Crippen molar-refractivity contribution in [2.45, 2.75) is 31.0 Å². The van der Waals surface area contributed by atoms with Gasteiger partial charge in [-0.1, -0.05) is 12.1 Å². The van der Waals surface area contributed by atoms with Crippen LogP contribution in [0.4, 0.5) is 10.1 Å². The number of aryl methyl sites for hydroxylation is 1. The predicted molar refractivity (Wildman–Crippen MR) is 122 cm³/mol. The summed E-state index contributed by atoms with van der Waals surface area (Å²) in [7, 11) is 0. The van der Waals surface area contributed by atoms with Crippen LogP contribution in [0.3, 0.4) is 0 Å². The third kappa shape index (κ3) is 5.98. The average molecular weight is 445 g/mol. The number of nitrogens with zero attached hydrogens (tertiary/aromatic N) is 2. The van der Waals surface area contributed by atoms with Gasteiger partial charge in [0, 0.05) is 38.4 Å². The van der Waals surface area contributed by atoms with Crippen molar-refractivity contribution in [2.75, 3.05) is 57.4 Å². The van der Waals surface area contributed by atoms with Crippen LogP contribution < -0.4 is 9.64 Å². The monoisotopic (exact) mass is 444 g/mol. The van der Waals surface area contributed by atoms with Gasteiger partial charge in [-0.15, -0.1) is 0 Å². The molecule has 0 amide bonds. The van der Waals surface area contributed by atoms with E-state index in [0.717, 1.165) is 13.1 Å². The summed E-state index contributed by atoms with van der Waals surface area (Å²) < 4.78 is 24.4. The highest BCUT2D eigenvalue weighted by Gasteiger charge is 2.39. The number of β-amino-alcohol motifs (C(OH)–C–C–N with tert-alkyl or cyclic N) is 2. The molecule has 0 saturated carbocycles. The van der Waals surface area contributed by atoms with Crippen molar-refractivity contribution in [3.8, 4) is 5.75 Å². The number of hydrogen-bond donors (Lipinski definition) is 2. The van der Waals surface area contributed by atoms with Gasteiger partial charge in [-0.25, -0.2) is 4.39 Å². The van der Waals surface area contributed by atoms with E-state index in [-0.39, 0.29) is 19.0 Å². The Hall–Kier alpha value is -2.19. The summed E-state index contributed by atoms with van der Waals surface area (Å²) >= 11 is 0. The Bertz CT molecular complexity index is 886. The smallest absolute Gasteiger partial charge is 0.134 e. The van der Waals surface area contributed by atoms with Crippen molar-refractivity contribution < 1.29 is 24.1 Å². The summed E-state index contributed by atoms with van der Waals surface area (Å²) in [5.41, 5.74) is 0.421. The second-order valence-electron chi connectivity index (χ2n) is 9.28. The Morgan fingerprint density at radius 3 is 2.50 bits per heavy atom. The number of rotatable bonds is 6. The van der Waals surface area contributed by atoms with E-state index in [9.17, 15) is 14.6 Å². The van der Waals surface area contributed by atoms with E-state index in [2.05, 4.69) is 41.0 Å². The molecule has 4 rings (SSSR count). The highest BCUT2D eigenvalue weighted by molar-refractivity contribution is 5.48. The molecule has 2 aliphatic rings. The van der Waals surface area contributed by atoms with Gasteiger partial charge >= 0.3 is 0 Å². The Labute approximate surface area is 189 Å². The molecule has 2 N–H and O–H groups in total. The normalized spacial score (nSPS) is 24.2. The molecule has 0 bridgehead atoms. The molecule has 2 fully saturated rings. The molecule has 2 aliphatic heterocycles. The number of anilines is 1. The van der Waals surface area contributed by atoms with E-state index in [4.69, 9.17) is 9.47 Å². The lowest BCUT2D eigenvalue weighted by molar-refractivity contribution is -0.0742. The van der Waals surface area contributed by atoms with E-state index in [1.54, 1.807) is 12.1 Å². The van der Waals surface area contributed by atoms with Crippen molar-refractivity contribution in [3.05, 3.63) is 59.9 Å². The largest absolute Gasteiger partial charge is 0.490 e. The zero-order valence-electron chi connectivity index (χ0n) is 18.7. The van der Waals surface area contributed by atoms with Crippen molar-refractivity contribution in [1.29, 1.82) is 0 Å². The molecule has 0 aliphatic carbocycles. The predicted octanol–water partition coefficient (Wildman–Crippen LogP) is 2.61. The molecular formula is C25H33FN2O4. The molecule has 0 spiro atoms. The summed E-state index contributed by atoms with van der Waals surface area (Å²) in [6.45, 7) is 5.83. The van der Waals surface area contributed by atoms with Crippen molar-refractivity contribution in [3.63, 3.8) is 0 Å². The van der Waals surface area contributed by atoms with Crippen LogP contribution in [0.15, 0.2) is 48.5 Å². The highest BCUT2D eigenvalue weighted by atomic mass is 19.1. The van der Waals surface area contributed by atoms with Crippen LogP contribution in [-0.4, -0.2) is 78.9 Å². The van der Waals surface area contributed by atoms with Crippen LogP contribution in [0, 0.1) is 12.7 Å². The van der Waals surface area contributed by atoms with Crippen LogP contribution in [0.5, 0.6) is 5.75 Å². The van der Waals surface area contributed by atoms with Crippen LogP contribution in [-0.2, 0) is 4.74 Å². The lowest BCUT2D eigenvalue weighted by Gasteiger charge is -2.42. The first-order chi connectivity index (χ1) is 15.3. The van der Waals surface area contributed by atoms with Gasteiger partial charge in [0.2, 0.25) is 0 Å². The standard InChI is InChI=1S/C25H33FN2O4/c1-20-3-2-4-22(15-20)28-11-9-24(29,10-12-28)16-27-13-14-31-18-25(30,17-27)19-32-23-7-5-21(26)6-8-23/h2-8,15,29-30H,9-14,16-19H2,1H3/t25-/m0/s1. The molecule has 32 heavy (non-hydrogen) atoms. The van der Waals surface area contributed by atoms with Gasteiger partial charge in [-0.3, -0.25) is 4.90 Å². The second-order valence-corrected chi connectivity index (χ2v) is 9.28. The molecule has 0 radical (unpaired) electrons. The van der Waals surface area contributed by atoms with Gasteiger partial charge in [-0.2, -0.15) is 0 Å². The molecule has 0 unspecified atom stereocenters. The lowest BCUT2D eigenvalue weighted by Crippen LogP contribution is -2.55. The van der Waals surface area contributed by atoms with E-state index < -0.39 is 11.2 Å². The molecule has 2 saturated heterocycles. The Morgan fingerprint density at radius 1 is 1.03 bits per heavy atom. The van der Waals surface area contributed by atoms with Gasteiger partial charge in [0.15, 0.2) is 0 Å². The fraction of sp³-hybridized carbons (Fsp3) is 0.520. The van der Waals surface area contributed by atoms with Crippen LogP contribution in [0.2, 0.25) is 0 Å². The van der Waals surface area contributed by atoms with Crippen LogP contribution in [0.1, 0.15) is 18.4 Å². The zero-order chi connectivity index (χ0) is 22.6. The number of halogens is 1. The topological polar surface area (TPSA) is 65.4 Å². The van der Waals surface area contributed by atoms with E-state index in [1.165, 1.54) is 23.4 Å². The molecule has 7 heteroatoms. The average Bonchev–Trinajstić information content (AvgIpc) is 2.95. The summed E-state index contributed by atoms with van der Waals surface area (Å²) in [6.07, 6.45) is 1.34.